The van der Waals surface area contributed by atoms with Gasteiger partial charge in [0.25, 0.3) is 0 Å². The van der Waals surface area contributed by atoms with Crippen LogP contribution in [0.25, 0.3) is 42.4 Å². The molecule has 6 aromatic carbocycles. The Kier molecular flexibility index (Phi) is 6.66. The Balaban J connectivity index is 1.44. The van der Waals surface area contributed by atoms with E-state index in [4.69, 9.17) is 0 Å². The first-order valence-corrected chi connectivity index (χ1v) is 17.0. The quantitative estimate of drug-likeness (QED) is 0.184. The fraction of sp³-hybridized carbons (Fsp3) is 0.163. The van der Waals surface area contributed by atoms with E-state index < -0.39 is 0 Å². The van der Waals surface area contributed by atoms with Gasteiger partial charge in [-0.2, -0.15) is 0 Å². The number of fused-ring (bicyclic) bond motifs is 6. The van der Waals surface area contributed by atoms with Crippen LogP contribution in [0, 0.1) is 0 Å². The van der Waals surface area contributed by atoms with E-state index in [9.17, 15) is 0 Å². The van der Waals surface area contributed by atoms with E-state index in [-0.39, 0.29) is 5.41 Å². The highest BCUT2D eigenvalue weighted by molar-refractivity contribution is 7.26. The molecule has 0 N–H and O–H groups in total. The van der Waals surface area contributed by atoms with E-state index in [0.717, 1.165) is 12.8 Å². The number of hydrogen-bond acceptors (Lipinski definition) is 2. The lowest BCUT2D eigenvalue weighted by molar-refractivity contribution is 0.660. The summed E-state index contributed by atoms with van der Waals surface area (Å²) in [6.07, 6.45) is 1.98. The first-order valence-electron chi connectivity index (χ1n) is 16.2. The van der Waals surface area contributed by atoms with Crippen LogP contribution in [0.1, 0.15) is 49.9 Å². The summed E-state index contributed by atoms with van der Waals surface area (Å²) in [6.45, 7) is 9.28. The maximum atomic E-state index is 2.55. The van der Waals surface area contributed by atoms with Crippen LogP contribution in [0.2, 0.25) is 0 Å². The number of aryl methyl sites for hydroxylation is 2. The van der Waals surface area contributed by atoms with Crippen LogP contribution >= 0.6 is 11.3 Å². The molecule has 0 atom stereocenters. The van der Waals surface area contributed by atoms with Gasteiger partial charge in [-0.25, -0.2) is 0 Å². The molecule has 7 aromatic rings. The zero-order valence-corrected chi connectivity index (χ0v) is 27.2. The van der Waals surface area contributed by atoms with Gasteiger partial charge in [-0.05, 0) is 88.2 Å². The van der Waals surface area contributed by atoms with E-state index in [1.54, 1.807) is 0 Å². The van der Waals surface area contributed by atoms with Crippen LogP contribution in [0.3, 0.4) is 0 Å². The summed E-state index contributed by atoms with van der Waals surface area (Å²) < 4.78 is 2.64. The number of anilines is 3. The molecule has 0 saturated carbocycles. The van der Waals surface area contributed by atoms with Crippen LogP contribution in [0.4, 0.5) is 17.1 Å². The standard InChI is InChI=1S/C43H37NS/c1-5-28-15-7-8-16-31(28)32-26-25-30(27-29(32)6-2)44(38-22-14-24-40-42(38)34-18-10-12-23-39(34)45-40)37-21-13-20-36-41(37)33-17-9-11-19-35(33)43(36,3)4/h7-27H,5-6H2,1-4H3. The molecule has 0 saturated heterocycles. The molecule has 0 aliphatic heterocycles. The average molecular weight is 600 g/mol. The second-order valence-electron chi connectivity index (χ2n) is 12.7. The number of hydrogen-bond donors (Lipinski definition) is 0. The predicted molar refractivity (Wildman–Crippen MR) is 196 cm³/mol. The van der Waals surface area contributed by atoms with E-state index >= 15 is 0 Å². The van der Waals surface area contributed by atoms with Crippen molar-refractivity contribution < 1.29 is 0 Å². The Hall–Kier alpha value is -4.66. The second-order valence-corrected chi connectivity index (χ2v) is 13.7. The average Bonchev–Trinajstić information content (AvgIpc) is 3.58. The first-order chi connectivity index (χ1) is 22.0. The Bertz CT molecular complexity index is 2230. The van der Waals surface area contributed by atoms with Crippen molar-refractivity contribution >= 4 is 48.6 Å². The molecular weight excluding hydrogens is 563 g/mol. The molecule has 8 rings (SSSR count). The topological polar surface area (TPSA) is 3.24 Å². The van der Waals surface area contributed by atoms with Crippen molar-refractivity contribution in [3.63, 3.8) is 0 Å². The van der Waals surface area contributed by atoms with Crippen LogP contribution in [0.15, 0.2) is 127 Å². The molecule has 0 unspecified atom stereocenters. The monoisotopic (exact) mass is 599 g/mol. The fourth-order valence-corrected chi connectivity index (χ4v) is 8.76. The molecule has 1 heterocycles. The highest BCUT2D eigenvalue weighted by Crippen LogP contribution is 2.55. The third kappa shape index (κ3) is 4.27. The molecule has 1 aliphatic carbocycles. The van der Waals surface area contributed by atoms with Crippen LogP contribution in [-0.2, 0) is 18.3 Å². The zero-order chi connectivity index (χ0) is 30.7. The largest absolute Gasteiger partial charge is 0.309 e. The van der Waals surface area contributed by atoms with Crippen LogP contribution in [0.5, 0.6) is 0 Å². The number of nitrogens with zero attached hydrogens (tertiary/aromatic N) is 1. The Morgan fingerprint density at radius 1 is 0.556 bits per heavy atom. The summed E-state index contributed by atoms with van der Waals surface area (Å²) in [5.41, 5.74) is 14.5. The minimum atomic E-state index is -0.0724. The molecule has 2 heteroatoms. The molecule has 0 radical (unpaired) electrons. The Labute approximate surface area is 270 Å². The maximum absolute atomic E-state index is 2.55. The zero-order valence-electron chi connectivity index (χ0n) is 26.4. The fourth-order valence-electron chi connectivity index (χ4n) is 7.64. The van der Waals surface area contributed by atoms with Crippen molar-refractivity contribution in [3.8, 4) is 22.3 Å². The van der Waals surface area contributed by atoms with E-state index in [1.165, 1.54) is 81.7 Å². The van der Waals surface area contributed by atoms with Gasteiger partial charge in [0.05, 0.1) is 11.4 Å². The minimum Gasteiger partial charge on any atom is -0.309 e. The summed E-state index contributed by atoms with van der Waals surface area (Å²) in [7, 11) is 0. The van der Waals surface area contributed by atoms with Gasteiger partial charge in [0.15, 0.2) is 0 Å². The van der Waals surface area contributed by atoms with Crippen LogP contribution < -0.4 is 4.90 Å². The Morgan fingerprint density at radius 3 is 2.04 bits per heavy atom. The lowest BCUT2D eigenvalue weighted by Crippen LogP contribution is -2.16. The van der Waals surface area contributed by atoms with Crippen molar-refractivity contribution in [1.29, 1.82) is 0 Å². The number of rotatable bonds is 6. The van der Waals surface area contributed by atoms with E-state index in [2.05, 4.69) is 160 Å². The molecule has 1 nitrogen and oxygen atoms in total. The molecule has 0 spiro atoms. The van der Waals surface area contributed by atoms with Gasteiger partial charge in [-0.3, -0.25) is 0 Å². The summed E-state index contributed by atoms with van der Waals surface area (Å²) in [5.74, 6) is 0. The third-order valence-corrected chi connectivity index (χ3v) is 11.0. The minimum absolute atomic E-state index is 0.0724. The van der Waals surface area contributed by atoms with Gasteiger partial charge >= 0.3 is 0 Å². The third-order valence-electron chi connectivity index (χ3n) is 9.86. The summed E-state index contributed by atoms with van der Waals surface area (Å²) in [4.78, 5) is 2.55. The van der Waals surface area contributed by atoms with Crippen molar-refractivity contribution in [3.05, 3.63) is 150 Å². The van der Waals surface area contributed by atoms with E-state index in [1.807, 2.05) is 11.3 Å². The Morgan fingerprint density at radius 2 is 1.20 bits per heavy atom. The highest BCUT2D eigenvalue weighted by atomic mass is 32.1. The van der Waals surface area contributed by atoms with Gasteiger partial charge in [0.2, 0.25) is 0 Å². The van der Waals surface area contributed by atoms with Gasteiger partial charge in [-0.15, -0.1) is 11.3 Å². The SMILES string of the molecule is CCc1ccccc1-c1ccc(N(c2cccc3c2-c2ccccc2C3(C)C)c2cccc3sc4ccccc4c23)cc1CC. The second kappa shape index (κ2) is 10.8. The molecule has 45 heavy (non-hydrogen) atoms. The van der Waals surface area contributed by atoms with Crippen LogP contribution in [-0.4, -0.2) is 0 Å². The molecule has 1 aromatic heterocycles. The number of thiophene rings is 1. The molecule has 220 valence electrons. The summed E-state index contributed by atoms with van der Waals surface area (Å²) in [5, 5.41) is 2.63. The molecule has 0 bridgehead atoms. The molecular formula is C43H37NS. The molecule has 0 amide bonds. The van der Waals surface area contributed by atoms with Crippen molar-refractivity contribution in [2.24, 2.45) is 0 Å². The first kappa shape index (κ1) is 27.9. The van der Waals surface area contributed by atoms with Gasteiger partial charge in [0.1, 0.15) is 0 Å². The number of benzene rings is 6. The summed E-state index contributed by atoms with van der Waals surface area (Å²) in [6, 6.07) is 47.6. The lowest BCUT2D eigenvalue weighted by atomic mass is 9.82. The summed E-state index contributed by atoms with van der Waals surface area (Å²) >= 11 is 1.88. The molecule has 1 aliphatic rings. The maximum Gasteiger partial charge on any atom is 0.0555 e. The lowest BCUT2D eigenvalue weighted by Gasteiger charge is -2.30. The van der Waals surface area contributed by atoms with Crippen molar-refractivity contribution in [2.75, 3.05) is 4.90 Å². The van der Waals surface area contributed by atoms with E-state index in [0.29, 0.717) is 0 Å². The predicted octanol–water partition coefficient (Wildman–Crippen LogP) is 12.6. The molecule has 0 fully saturated rings. The normalized spacial score (nSPS) is 13.2. The highest BCUT2D eigenvalue weighted by Gasteiger charge is 2.38. The van der Waals surface area contributed by atoms with Crippen molar-refractivity contribution in [2.45, 2.75) is 46.0 Å². The smallest absolute Gasteiger partial charge is 0.0555 e. The van der Waals surface area contributed by atoms with Gasteiger partial charge in [-0.1, -0.05) is 119 Å². The van der Waals surface area contributed by atoms with Crippen molar-refractivity contribution in [1.82, 2.24) is 0 Å². The van der Waals surface area contributed by atoms with Gasteiger partial charge < -0.3 is 4.90 Å². The van der Waals surface area contributed by atoms with Gasteiger partial charge in [0, 0.05) is 36.8 Å².